The van der Waals surface area contributed by atoms with E-state index in [4.69, 9.17) is 0 Å². The largest absolute Gasteiger partial charge is 0.469 e. The number of carbonyl (C=O) groups is 2. The van der Waals surface area contributed by atoms with Crippen LogP contribution in [-0.2, 0) is 9.53 Å². The third-order valence-corrected chi connectivity index (χ3v) is 6.26. The zero-order valence-corrected chi connectivity index (χ0v) is 19.7. The number of unbranched alkanes of at least 4 members (excludes halogenated alkanes) is 4. The summed E-state index contributed by atoms with van der Waals surface area (Å²) in [5.74, 6) is -0.138. The molecule has 0 bridgehead atoms. The van der Waals surface area contributed by atoms with Crippen LogP contribution in [0.2, 0.25) is 0 Å². The van der Waals surface area contributed by atoms with Crippen molar-refractivity contribution < 1.29 is 14.3 Å². The minimum absolute atomic E-state index is 0.0383. The predicted molar refractivity (Wildman–Crippen MR) is 131 cm³/mol. The fourth-order valence-electron chi connectivity index (χ4n) is 4.40. The average molecular weight is 452 g/mol. The second-order valence-corrected chi connectivity index (χ2v) is 8.57. The molecule has 6 nitrogen and oxygen atoms in total. The van der Waals surface area contributed by atoms with E-state index in [2.05, 4.69) is 75.6 Å². The molecule has 0 aliphatic carbocycles. The first kappa shape index (κ1) is 24.8. The number of hydrogen-bond acceptors (Lipinski definition) is 4. The van der Waals surface area contributed by atoms with Gasteiger partial charge in [-0.15, -0.1) is 0 Å². The lowest BCUT2D eigenvalue weighted by atomic mass is 9.96. The van der Waals surface area contributed by atoms with Crippen LogP contribution in [0.4, 0.5) is 4.79 Å². The van der Waals surface area contributed by atoms with Gasteiger partial charge in [0.05, 0.1) is 13.2 Å². The van der Waals surface area contributed by atoms with Gasteiger partial charge in [-0.25, -0.2) is 4.79 Å². The van der Waals surface area contributed by atoms with Gasteiger partial charge in [0, 0.05) is 39.1 Å². The number of ether oxygens (including phenoxy) is 1. The SMILES string of the molecule is COC(=O)CCCCCCCNC(=O)N1CCN(C(c2ccccc2)c2ccccc2)CC1. The van der Waals surface area contributed by atoms with Gasteiger partial charge >= 0.3 is 12.0 Å². The second-order valence-electron chi connectivity index (χ2n) is 8.57. The molecule has 0 aromatic heterocycles. The molecule has 0 radical (unpaired) electrons. The summed E-state index contributed by atoms with van der Waals surface area (Å²) < 4.78 is 4.65. The zero-order chi connectivity index (χ0) is 23.3. The summed E-state index contributed by atoms with van der Waals surface area (Å²) in [6.45, 7) is 3.86. The molecule has 1 aliphatic rings. The van der Waals surface area contributed by atoms with Crippen LogP contribution in [0, 0.1) is 0 Å². The molecule has 178 valence electrons. The Kier molecular flexibility index (Phi) is 10.2. The molecule has 2 amide bonds. The summed E-state index contributed by atoms with van der Waals surface area (Å²) >= 11 is 0. The fraction of sp³-hybridized carbons (Fsp3) is 0.481. The fourth-order valence-corrected chi connectivity index (χ4v) is 4.40. The van der Waals surface area contributed by atoms with E-state index in [0.29, 0.717) is 13.0 Å². The molecule has 1 saturated heterocycles. The molecule has 2 aromatic rings. The van der Waals surface area contributed by atoms with Crippen LogP contribution in [0.1, 0.15) is 55.7 Å². The van der Waals surface area contributed by atoms with Crippen molar-refractivity contribution in [3.8, 4) is 0 Å². The van der Waals surface area contributed by atoms with Crippen LogP contribution < -0.4 is 5.32 Å². The maximum Gasteiger partial charge on any atom is 0.317 e. The molecule has 1 N–H and O–H groups in total. The van der Waals surface area contributed by atoms with E-state index in [-0.39, 0.29) is 18.0 Å². The lowest BCUT2D eigenvalue weighted by molar-refractivity contribution is -0.140. The molecule has 33 heavy (non-hydrogen) atoms. The number of carbonyl (C=O) groups excluding carboxylic acids is 2. The maximum absolute atomic E-state index is 12.6. The first-order chi connectivity index (χ1) is 16.2. The number of nitrogens with zero attached hydrogens (tertiary/aromatic N) is 2. The van der Waals surface area contributed by atoms with Gasteiger partial charge < -0.3 is 15.0 Å². The van der Waals surface area contributed by atoms with Gasteiger partial charge in [0.1, 0.15) is 0 Å². The highest BCUT2D eigenvalue weighted by atomic mass is 16.5. The molecule has 2 aromatic carbocycles. The van der Waals surface area contributed by atoms with Crippen molar-refractivity contribution in [3.63, 3.8) is 0 Å². The second kappa shape index (κ2) is 13.6. The summed E-state index contributed by atoms with van der Waals surface area (Å²) in [7, 11) is 1.43. The highest BCUT2D eigenvalue weighted by Gasteiger charge is 2.27. The van der Waals surface area contributed by atoms with Gasteiger partial charge in [0.15, 0.2) is 0 Å². The van der Waals surface area contributed by atoms with Gasteiger partial charge in [-0.3, -0.25) is 9.69 Å². The highest BCUT2D eigenvalue weighted by molar-refractivity contribution is 5.74. The predicted octanol–water partition coefficient (Wildman–Crippen LogP) is 4.62. The topological polar surface area (TPSA) is 61.9 Å². The Labute approximate surface area is 197 Å². The van der Waals surface area contributed by atoms with E-state index in [0.717, 1.165) is 58.3 Å². The Morgan fingerprint density at radius 1 is 0.818 bits per heavy atom. The van der Waals surface area contributed by atoms with Crippen molar-refractivity contribution >= 4 is 12.0 Å². The average Bonchev–Trinajstić information content (AvgIpc) is 2.87. The van der Waals surface area contributed by atoms with Crippen molar-refractivity contribution in [2.24, 2.45) is 0 Å². The smallest absolute Gasteiger partial charge is 0.317 e. The van der Waals surface area contributed by atoms with Crippen LogP contribution in [0.3, 0.4) is 0 Å². The van der Waals surface area contributed by atoms with E-state index in [1.54, 1.807) is 0 Å². The first-order valence-corrected chi connectivity index (χ1v) is 12.1. The zero-order valence-electron chi connectivity index (χ0n) is 19.7. The Morgan fingerprint density at radius 2 is 1.36 bits per heavy atom. The van der Waals surface area contributed by atoms with Gasteiger partial charge in [0.2, 0.25) is 0 Å². The molecular weight excluding hydrogens is 414 g/mol. The number of urea groups is 1. The molecule has 1 aliphatic heterocycles. The molecule has 0 spiro atoms. The summed E-state index contributed by atoms with van der Waals surface area (Å²) in [4.78, 5) is 28.1. The number of benzene rings is 2. The van der Waals surface area contributed by atoms with Gasteiger partial charge in [0.25, 0.3) is 0 Å². The molecule has 1 fully saturated rings. The number of rotatable bonds is 11. The lowest BCUT2D eigenvalue weighted by Crippen LogP contribution is -2.52. The van der Waals surface area contributed by atoms with Gasteiger partial charge in [-0.05, 0) is 24.0 Å². The van der Waals surface area contributed by atoms with Crippen molar-refractivity contribution in [3.05, 3.63) is 71.8 Å². The van der Waals surface area contributed by atoms with Crippen molar-refractivity contribution in [2.45, 2.75) is 44.6 Å². The summed E-state index contributed by atoms with van der Waals surface area (Å²) in [6.07, 6.45) is 5.49. The van der Waals surface area contributed by atoms with Crippen LogP contribution >= 0.6 is 0 Å². The molecule has 0 atom stereocenters. The number of piperazine rings is 1. The first-order valence-electron chi connectivity index (χ1n) is 12.1. The standard InChI is InChI=1S/C27H37N3O3/c1-33-25(31)17-11-3-2-4-12-18-28-27(32)30-21-19-29(20-22-30)26(23-13-7-5-8-14-23)24-15-9-6-10-16-24/h5-10,13-16,26H,2-4,11-12,17-22H2,1H3,(H,28,32). The quantitative estimate of drug-likeness (QED) is 0.400. The molecule has 0 unspecified atom stereocenters. The lowest BCUT2D eigenvalue weighted by Gasteiger charge is -2.39. The van der Waals surface area contributed by atoms with Crippen LogP contribution in [0.25, 0.3) is 0 Å². The number of methoxy groups -OCH3 is 1. The van der Waals surface area contributed by atoms with Gasteiger partial charge in [-0.1, -0.05) is 79.9 Å². The number of esters is 1. The third kappa shape index (κ3) is 7.90. The number of hydrogen-bond donors (Lipinski definition) is 1. The van der Waals surface area contributed by atoms with E-state index in [1.165, 1.54) is 18.2 Å². The van der Waals surface area contributed by atoms with E-state index >= 15 is 0 Å². The number of amides is 2. The minimum Gasteiger partial charge on any atom is -0.469 e. The van der Waals surface area contributed by atoms with Crippen LogP contribution in [-0.4, -0.2) is 61.6 Å². The Morgan fingerprint density at radius 3 is 1.94 bits per heavy atom. The minimum atomic E-state index is -0.138. The van der Waals surface area contributed by atoms with Crippen molar-refractivity contribution in [1.82, 2.24) is 15.1 Å². The molecule has 0 saturated carbocycles. The van der Waals surface area contributed by atoms with Crippen LogP contribution in [0.5, 0.6) is 0 Å². The van der Waals surface area contributed by atoms with Crippen molar-refractivity contribution in [2.75, 3.05) is 39.8 Å². The maximum atomic E-state index is 12.6. The molecule has 6 heteroatoms. The summed E-state index contributed by atoms with van der Waals surface area (Å²) in [5.41, 5.74) is 2.57. The van der Waals surface area contributed by atoms with E-state index in [9.17, 15) is 9.59 Å². The van der Waals surface area contributed by atoms with E-state index < -0.39 is 0 Å². The summed E-state index contributed by atoms with van der Waals surface area (Å²) in [5, 5.41) is 3.07. The number of nitrogens with one attached hydrogen (secondary N) is 1. The molecule has 1 heterocycles. The summed E-state index contributed by atoms with van der Waals surface area (Å²) in [6, 6.07) is 21.5. The monoisotopic (exact) mass is 451 g/mol. The van der Waals surface area contributed by atoms with Crippen molar-refractivity contribution in [1.29, 1.82) is 0 Å². The Hall–Kier alpha value is -2.86. The van der Waals surface area contributed by atoms with Crippen LogP contribution in [0.15, 0.2) is 60.7 Å². The molecular formula is C27H37N3O3. The normalized spacial score (nSPS) is 14.3. The van der Waals surface area contributed by atoms with Gasteiger partial charge in [-0.2, -0.15) is 0 Å². The Bertz CT molecular complexity index is 797. The molecule has 3 rings (SSSR count). The van der Waals surface area contributed by atoms with E-state index in [1.807, 2.05) is 4.90 Å². The Balaban J connectivity index is 1.39. The highest BCUT2D eigenvalue weighted by Crippen LogP contribution is 2.29. The third-order valence-electron chi connectivity index (χ3n) is 6.26.